The highest BCUT2D eigenvalue weighted by molar-refractivity contribution is 5.78. The first-order chi connectivity index (χ1) is 8.87. The first-order valence-corrected chi connectivity index (χ1v) is 7.89. The first kappa shape index (κ1) is 18.4. The zero-order valence-corrected chi connectivity index (χ0v) is 13.6. The lowest BCUT2D eigenvalue weighted by molar-refractivity contribution is -0.121. The van der Waals surface area contributed by atoms with Gasteiger partial charge in [0, 0.05) is 5.54 Å². The number of rotatable bonds is 11. The molecule has 0 unspecified atom stereocenters. The van der Waals surface area contributed by atoms with E-state index in [2.05, 4.69) is 45.3 Å². The molecule has 0 saturated heterocycles. The number of amides is 1. The maximum absolute atomic E-state index is 11.7. The third-order valence-electron chi connectivity index (χ3n) is 3.53. The molecule has 3 nitrogen and oxygen atoms in total. The Labute approximate surface area is 119 Å². The fraction of sp³-hybridized carbons (Fsp3) is 0.938. The topological polar surface area (TPSA) is 41.1 Å². The van der Waals surface area contributed by atoms with Crippen molar-refractivity contribution < 1.29 is 4.79 Å². The summed E-state index contributed by atoms with van der Waals surface area (Å²) in [7, 11) is 0. The van der Waals surface area contributed by atoms with Gasteiger partial charge in [0.2, 0.25) is 5.91 Å². The molecule has 0 aliphatic carbocycles. The van der Waals surface area contributed by atoms with Crippen LogP contribution in [0.3, 0.4) is 0 Å². The van der Waals surface area contributed by atoms with Crippen molar-refractivity contribution in [3.63, 3.8) is 0 Å². The quantitative estimate of drug-likeness (QED) is 0.564. The molecule has 0 aromatic carbocycles. The van der Waals surface area contributed by atoms with Crippen molar-refractivity contribution in [1.29, 1.82) is 0 Å². The van der Waals surface area contributed by atoms with Gasteiger partial charge in [0.05, 0.1) is 6.54 Å². The molecule has 0 spiro atoms. The van der Waals surface area contributed by atoms with E-state index in [1.54, 1.807) is 0 Å². The van der Waals surface area contributed by atoms with Gasteiger partial charge in [-0.25, -0.2) is 0 Å². The van der Waals surface area contributed by atoms with Gasteiger partial charge in [-0.15, -0.1) is 0 Å². The van der Waals surface area contributed by atoms with Crippen LogP contribution in [0.25, 0.3) is 0 Å². The molecule has 0 aromatic heterocycles. The Balaban J connectivity index is 3.37. The second kappa shape index (κ2) is 10.2. The number of hydrogen-bond acceptors (Lipinski definition) is 2. The minimum absolute atomic E-state index is 0.0877. The maximum Gasteiger partial charge on any atom is 0.234 e. The van der Waals surface area contributed by atoms with Crippen LogP contribution >= 0.6 is 0 Å². The van der Waals surface area contributed by atoms with Crippen molar-refractivity contribution in [2.75, 3.05) is 13.1 Å². The minimum atomic E-state index is -0.0877. The Morgan fingerprint density at radius 2 is 1.74 bits per heavy atom. The van der Waals surface area contributed by atoms with Gasteiger partial charge in [0.25, 0.3) is 0 Å². The average molecular weight is 270 g/mol. The van der Waals surface area contributed by atoms with Crippen LogP contribution in [0.15, 0.2) is 0 Å². The van der Waals surface area contributed by atoms with Crippen LogP contribution in [0, 0.1) is 5.92 Å². The molecule has 0 bridgehead atoms. The summed E-state index contributed by atoms with van der Waals surface area (Å²) >= 11 is 0. The second-order valence-electron chi connectivity index (χ2n) is 6.56. The van der Waals surface area contributed by atoms with Gasteiger partial charge in [0.1, 0.15) is 0 Å². The molecular weight excluding hydrogens is 236 g/mol. The second-order valence-corrected chi connectivity index (χ2v) is 6.56. The van der Waals surface area contributed by atoms with E-state index in [1.807, 2.05) is 0 Å². The van der Waals surface area contributed by atoms with Crippen LogP contribution in [0.4, 0.5) is 0 Å². The number of carbonyl (C=O) groups is 1. The van der Waals surface area contributed by atoms with Crippen molar-refractivity contribution in [2.24, 2.45) is 5.92 Å². The van der Waals surface area contributed by atoms with Crippen LogP contribution in [0.5, 0.6) is 0 Å². The summed E-state index contributed by atoms with van der Waals surface area (Å²) in [6.45, 7) is 12.1. The van der Waals surface area contributed by atoms with Gasteiger partial charge in [-0.1, -0.05) is 46.5 Å². The summed E-state index contributed by atoms with van der Waals surface area (Å²) < 4.78 is 0. The summed E-state index contributed by atoms with van der Waals surface area (Å²) in [6.07, 6.45) is 7.37. The van der Waals surface area contributed by atoms with Crippen LogP contribution in [0.1, 0.15) is 73.1 Å². The van der Waals surface area contributed by atoms with Crippen molar-refractivity contribution >= 4 is 5.91 Å². The molecule has 0 saturated carbocycles. The normalized spacial score (nSPS) is 11.9. The molecule has 0 radical (unpaired) electrons. The maximum atomic E-state index is 11.7. The lowest BCUT2D eigenvalue weighted by Gasteiger charge is -2.24. The van der Waals surface area contributed by atoms with E-state index < -0.39 is 0 Å². The predicted molar refractivity (Wildman–Crippen MR) is 83.3 cm³/mol. The van der Waals surface area contributed by atoms with E-state index in [-0.39, 0.29) is 11.4 Å². The highest BCUT2D eigenvalue weighted by Crippen LogP contribution is 2.09. The van der Waals surface area contributed by atoms with Crippen molar-refractivity contribution in [3.05, 3.63) is 0 Å². The molecule has 19 heavy (non-hydrogen) atoms. The molecule has 0 atom stereocenters. The fourth-order valence-electron chi connectivity index (χ4n) is 1.87. The SMILES string of the molecule is CCC(C)(C)NC(=O)CNCCCCCCC(C)C. The van der Waals surface area contributed by atoms with Gasteiger partial charge >= 0.3 is 0 Å². The smallest absolute Gasteiger partial charge is 0.234 e. The minimum Gasteiger partial charge on any atom is -0.350 e. The molecule has 0 aliphatic heterocycles. The summed E-state index contributed by atoms with van der Waals surface area (Å²) in [5.74, 6) is 0.926. The highest BCUT2D eigenvalue weighted by Gasteiger charge is 2.16. The van der Waals surface area contributed by atoms with Crippen LogP contribution in [0.2, 0.25) is 0 Å². The molecule has 2 N–H and O–H groups in total. The predicted octanol–water partition coefficient (Wildman–Crippen LogP) is 3.49. The largest absolute Gasteiger partial charge is 0.350 e. The van der Waals surface area contributed by atoms with Crippen molar-refractivity contribution in [1.82, 2.24) is 10.6 Å². The average Bonchev–Trinajstić information content (AvgIpc) is 2.31. The number of hydrogen-bond donors (Lipinski definition) is 2. The van der Waals surface area contributed by atoms with E-state index in [9.17, 15) is 4.79 Å². The zero-order chi connectivity index (χ0) is 14.7. The molecule has 3 heteroatoms. The number of unbranched alkanes of at least 4 members (excludes halogenated alkanes) is 3. The van der Waals surface area contributed by atoms with Gasteiger partial charge in [0.15, 0.2) is 0 Å². The van der Waals surface area contributed by atoms with E-state index in [0.29, 0.717) is 6.54 Å². The van der Waals surface area contributed by atoms with E-state index in [4.69, 9.17) is 0 Å². The molecule has 1 amide bonds. The van der Waals surface area contributed by atoms with Crippen LogP contribution in [-0.4, -0.2) is 24.5 Å². The highest BCUT2D eigenvalue weighted by atomic mass is 16.2. The summed E-state index contributed by atoms with van der Waals surface area (Å²) in [5, 5.41) is 6.25. The Bertz CT molecular complexity index is 237. The first-order valence-electron chi connectivity index (χ1n) is 7.89. The van der Waals surface area contributed by atoms with Gasteiger partial charge in [-0.2, -0.15) is 0 Å². The van der Waals surface area contributed by atoms with E-state index >= 15 is 0 Å². The molecule has 0 rings (SSSR count). The Kier molecular flexibility index (Phi) is 9.94. The third-order valence-corrected chi connectivity index (χ3v) is 3.53. The lowest BCUT2D eigenvalue weighted by Crippen LogP contribution is -2.46. The fourth-order valence-corrected chi connectivity index (χ4v) is 1.87. The van der Waals surface area contributed by atoms with E-state index in [1.165, 1.54) is 32.1 Å². The standard InChI is InChI=1S/C16H34N2O/c1-6-16(4,5)18-15(19)13-17-12-10-8-7-9-11-14(2)3/h14,17H,6-13H2,1-5H3,(H,18,19). The summed E-state index contributed by atoms with van der Waals surface area (Å²) in [4.78, 5) is 11.7. The number of carbonyl (C=O) groups excluding carboxylic acids is 1. The molecule has 114 valence electrons. The van der Waals surface area contributed by atoms with Crippen molar-refractivity contribution in [3.8, 4) is 0 Å². The Hall–Kier alpha value is -0.570. The van der Waals surface area contributed by atoms with Crippen LogP contribution in [-0.2, 0) is 4.79 Å². The van der Waals surface area contributed by atoms with Gasteiger partial charge < -0.3 is 10.6 Å². The molecule has 0 aromatic rings. The summed E-state index contributed by atoms with van der Waals surface area (Å²) in [6, 6.07) is 0. The third kappa shape index (κ3) is 12.2. The number of nitrogens with one attached hydrogen (secondary N) is 2. The van der Waals surface area contributed by atoms with Gasteiger partial charge in [-0.05, 0) is 39.2 Å². The monoisotopic (exact) mass is 270 g/mol. The van der Waals surface area contributed by atoms with Crippen LogP contribution < -0.4 is 10.6 Å². The Morgan fingerprint density at radius 3 is 2.32 bits per heavy atom. The molecule has 0 aliphatic rings. The molecule has 0 heterocycles. The molecular formula is C16H34N2O. The lowest BCUT2D eigenvalue weighted by atomic mass is 10.0. The van der Waals surface area contributed by atoms with Crippen molar-refractivity contribution in [2.45, 2.75) is 78.7 Å². The van der Waals surface area contributed by atoms with Gasteiger partial charge in [-0.3, -0.25) is 4.79 Å². The van der Waals surface area contributed by atoms with E-state index in [0.717, 1.165) is 18.9 Å². The Morgan fingerprint density at radius 1 is 1.11 bits per heavy atom. The zero-order valence-electron chi connectivity index (χ0n) is 13.6. The summed E-state index contributed by atoms with van der Waals surface area (Å²) in [5.41, 5.74) is -0.0877. The molecule has 0 fully saturated rings.